The van der Waals surface area contributed by atoms with Gasteiger partial charge in [0.25, 0.3) is 0 Å². The zero-order chi connectivity index (χ0) is 23.8. The van der Waals surface area contributed by atoms with Crippen LogP contribution in [-0.4, -0.2) is 16.3 Å². The number of ether oxygens (including phenoxy) is 2. The van der Waals surface area contributed by atoms with Crippen molar-refractivity contribution in [1.29, 1.82) is 0 Å². The average molecular weight is 442 g/mol. The normalized spacial score (nSPS) is 12.5. The van der Waals surface area contributed by atoms with E-state index in [2.05, 4.69) is 32.9 Å². The summed E-state index contributed by atoms with van der Waals surface area (Å²) in [6, 6.07) is 24.1. The van der Waals surface area contributed by atoms with Gasteiger partial charge < -0.3 is 9.47 Å². The third-order valence-electron chi connectivity index (χ3n) is 5.53. The van der Waals surface area contributed by atoms with Crippen molar-refractivity contribution in [2.75, 3.05) is 0 Å². The number of fused-ring (bicyclic) bond motifs is 1. The molecule has 0 saturated carbocycles. The smallest absolute Gasteiger partial charge is 0.419 e. The number of nitrogens with zero attached hydrogens (tertiary/aromatic N) is 1. The van der Waals surface area contributed by atoms with Gasteiger partial charge in [-0.15, -0.1) is 0 Å². The molecule has 4 nitrogen and oxygen atoms in total. The van der Waals surface area contributed by atoms with Gasteiger partial charge in [-0.2, -0.15) is 0 Å². The Balaban J connectivity index is 1.92. The monoisotopic (exact) mass is 441 g/mol. The van der Waals surface area contributed by atoms with Crippen LogP contribution in [0.3, 0.4) is 0 Å². The van der Waals surface area contributed by atoms with Gasteiger partial charge in [0.1, 0.15) is 11.4 Å². The van der Waals surface area contributed by atoms with E-state index < -0.39 is 17.8 Å². The van der Waals surface area contributed by atoms with Crippen LogP contribution in [0.25, 0.3) is 10.9 Å². The molecule has 4 heteroatoms. The lowest BCUT2D eigenvalue weighted by Gasteiger charge is -2.25. The molecular formula is C29H31NO3. The highest BCUT2D eigenvalue weighted by Crippen LogP contribution is 2.36. The zero-order valence-electron chi connectivity index (χ0n) is 20.2. The van der Waals surface area contributed by atoms with Gasteiger partial charge in [0.2, 0.25) is 0 Å². The van der Waals surface area contributed by atoms with E-state index in [4.69, 9.17) is 9.47 Å². The topological polar surface area (TPSA) is 40.5 Å². The fourth-order valence-electron chi connectivity index (χ4n) is 4.28. The van der Waals surface area contributed by atoms with Crippen LogP contribution in [0.2, 0.25) is 0 Å². The number of hydrogen-bond donors (Lipinski definition) is 0. The van der Waals surface area contributed by atoms with E-state index in [1.165, 1.54) is 5.56 Å². The largest absolute Gasteiger partial charge is 0.479 e. The van der Waals surface area contributed by atoms with E-state index in [9.17, 15) is 4.79 Å². The molecule has 4 rings (SSSR count). The van der Waals surface area contributed by atoms with E-state index in [-0.39, 0.29) is 0 Å². The molecule has 0 radical (unpaired) electrons. The van der Waals surface area contributed by atoms with Gasteiger partial charge >= 0.3 is 6.09 Å². The van der Waals surface area contributed by atoms with Crippen molar-refractivity contribution in [3.63, 3.8) is 0 Å². The fraction of sp³-hybridized carbons (Fsp3) is 0.276. The van der Waals surface area contributed by atoms with Gasteiger partial charge in [-0.25, -0.2) is 9.36 Å². The Kier molecular flexibility index (Phi) is 6.03. The summed E-state index contributed by atoms with van der Waals surface area (Å²) in [5, 5.41) is 0.959. The van der Waals surface area contributed by atoms with E-state index in [1.807, 2.05) is 81.4 Å². The molecule has 33 heavy (non-hydrogen) atoms. The van der Waals surface area contributed by atoms with Crippen LogP contribution in [-0.2, 0) is 4.74 Å². The first-order valence-electron chi connectivity index (χ1n) is 11.3. The molecule has 1 unspecified atom stereocenters. The second kappa shape index (κ2) is 8.78. The van der Waals surface area contributed by atoms with E-state index in [0.717, 1.165) is 39.0 Å². The summed E-state index contributed by atoms with van der Waals surface area (Å²) < 4.78 is 14.2. The second-order valence-corrected chi connectivity index (χ2v) is 9.58. The Bertz CT molecular complexity index is 1270. The van der Waals surface area contributed by atoms with Crippen molar-refractivity contribution in [3.8, 4) is 5.75 Å². The van der Waals surface area contributed by atoms with Crippen LogP contribution < -0.4 is 4.74 Å². The predicted octanol–water partition coefficient (Wildman–Crippen LogP) is 7.52. The van der Waals surface area contributed by atoms with Crippen molar-refractivity contribution in [2.24, 2.45) is 0 Å². The number of rotatable bonds is 4. The minimum Gasteiger partial charge on any atom is -0.479 e. The molecule has 0 fully saturated rings. The Morgan fingerprint density at radius 3 is 2.09 bits per heavy atom. The molecule has 0 amide bonds. The summed E-state index contributed by atoms with van der Waals surface area (Å²) in [7, 11) is 0. The summed E-state index contributed by atoms with van der Waals surface area (Å²) in [6.07, 6.45) is -0.910. The molecule has 0 aliphatic heterocycles. The molecule has 0 aliphatic carbocycles. The van der Waals surface area contributed by atoms with Crippen LogP contribution in [0.4, 0.5) is 4.79 Å². The van der Waals surface area contributed by atoms with Crippen molar-refractivity contribution in [3.05, 3.63) is 101 Å². The molecule has 3 aromatic carbocycles. The Labute approximate surface area is 195 Å². The Hall–Kier alpha value is -3.53. The Morgan fingerprint density at radius 1 is 0.848 bits per heavy atom. The predicted molar refractivity (Wildman–Crippen MR) is 133 cm³/mol. The highest BCUT2D eigenvalue weighted by molar-refractivity contribution is 5.91. The molecule has 1 atom stereocenters. The van der Waals surface area contributed by atoms with E-state index >= 15 is 0 Å². The minimum atomic E-state index is -0.618. The highest BCUT2D eigenvalue weighted by Gasteiger charge is 2.28. The summed E-state index contributed by atoms with van der Waals surface area (Å²) in [4.78, 5) is 13.4. The van der Waals surface area contributed by atoms with Crippen molar-refractivity contribution in [2.45, 2.75) is 53.2 Å². The van der Waals surface area contributed by atoms with E-state index in [0.29, 0.717) is 0 Å². The molecule has 0 saturated heterocycles. The molecule has 0 aliphatic rings. The number of carbonyl (C=O) groups is 1. The number of aromatic nitrogens is 1. The van der Waals surface area contributed by atoms with Gasteiger partial charge in [-0.05, 0) is 70.4 Å². The van der Waals surface area contributed by atoms with Gasteiger partial charge in [0.15, 0.2) is 6.10 Å². The third-order valence-corrected chi connectivity index (χ3v) is 5.53. The van der Waals surface area contributed by atoms with Crippen molar-refractivity contribution < 1.29 is 14.3 Å². The molecule has 1 heterocycles. The van der Waals surface area contributed by atoms with Gasteiger partial charge in [0, 0.05) is 5.39 Å². The quantitative estimate of drug-likeness (QED) is 0.329. The molecule has 1 aromatic heterocycles. The lowest BCUT2D eigenvalue weighted by Crippen LogP contribution is -2.29. The number of hydrogen-bond acceptors (Lipinski definition) is 3. The maximum Gasteiger partial charge on any atom is 0.419 e. The van der Waals surface area contributed by atoms with Crippen molar-refractivity contribution in [1.82, 2.24) is 4.57 Å². The minimum absolute atomic E-state index is 0.416. The Morgan fingerprint density at radius 2 is 1.45 bits per heavy atom. The summed E-state index contributed by atoms with van der Waals surface area (Å²) in [6.45, 7) is 11.8. The van der Waals surface area contributed by atoms with Crippen LogP contribution in [0.1, 0.15) is 54.8 Å². The van der Waals surface area contributed by atoms with E-state index in [1.54, 1.807) is 4.57 Å². The number of para-hydroxylation sites is 1. The number of benzene rings is 3. The molecule has 0 bridgehead atoms. The lowest BCUT2D eigenvalue weighted by molar-refractivity contribution is 0.0531. The van der Waals surface area contributed by atoms with Gasteiger partial charge in [-0.3, -0.25) is 0 Å². The summed E-state index contributed by atoms with van der Waals surface area (Å²) in [5.74, 6) is 0.829. The van der Waals surface area contributed by atoms with Gasteiger partial charge in [0.05, 0.1) is 11.2 Å². The maximum absolute atomic E-state index is 13.4. The molecule has 0 spiro atoms. The standard InChI is InChI=1S/C29H31NO3/c1-19-16-20(2)26(21(3)17-19)32-27(22-12-8-7-9-13-22)25-18-23-14-10-11-15-24(23)30(25)28(31)33-29(4,5)6/h7-18,27H,1-6H3. The maximum atomic E-state index is 13.4. The number of carbonyl (C=O) groups excluding carboxylic acids is 1. The first-order chi connectivity index (χ1) is 15.6. The lowest BCUT2D eigenvalue weighted by atomic mass is 10.0. The van der Waals surface area contributed by atoms with Crippen LogP contribution >= 0.6 is 0 Å². The first kappa shape index (κ1) is 22.7. The van der Waals surface area contributed by atoms with Crippen molar-refractivity contribution >= 4 is 17.0 Å². The SMILES string of the molecule is Cc1cc(C)c(OC(c2ccccc2)c2cc3ccccc3n2C(=O)OC(C)(C)C)c(C)c1. The molecular weight excluding hydrogens is 410 g/mol. The summed E-state index contributed by atoms with van der Waals surface area (Å²) >= 11 is 0. The zero-order valence-corrected chi connectivity index (χ0v) is 20.2. The van der Waals surface area contributed by atoms with Crippen LogP contribution in [0, 0.1) is 20.8 Å². The first-order valence-corrected chi connectivity index (χ1v) is 11.3. The van der Waals surface area contributed by atoms with Crippen LogP contribution in [0.5, 0.6) is 5.75 Å². The molecule has 0 N–H and O–H groups in total. The highest BCUT2D eigenvalue weighted by atomic mass is 16.6. The molecule has 170 valence electrons. The third kappa shape index (κ3) is 4.80. The average Bonchev–Trinajstić information content (AvgIpc) is 3.12. The van der Waals surface area contributed by atoms with Crippen LogP contribution in [0.15, 0.2) is 72.8 Å². The molecule has 4 aromatic rings. The summed E-state index contributed by atoms with van der Waals surface area (Å²) in [5.41, 5.74) is 5.19. The van der Waals surface area contributed by atoms with Gasteiger partial charge in [-0.1, -0.05) is 66.2 Å². The second-order valence-electron chi connectivity index (χ2n) is 9.58. The number of aryl methyl sites for hydroxylation is 3. The fourth-order valence-corrected chi connectivity index (χ4v) is 4.28.